The molecule has 0 aliphatic heterocycles. The van der Waals surface area contributed by atoms with E-state index in [0.29, 0.717) is 30.3 Å². The lowest BCUT2D eigenvalue weighted by Crippen LogP contribution is -2.45. The Morgan fingerprint density at radius 1 is 1.46 bits per heavy atom. The van der Waals surface area contributed by atoms with Crippen LogP contribution in [0.1, 0.15) is 56.2 Å². The second kappa shape index (κ2) is 9.33. The van der Waals surface area contributed by atoms with Crippen LogP contribution in [0.4, 0.5) is 0 Å². The van der Waals surface area contributed by atoms with Gasteiger partial charge in [0, 0.05) is 38.2 Å². The Morgan fingerprint density at radius 3 is 2.92 bits per heavy atom. The molecule has 0 bridgehead atoms. The van der Waals surface area contributed by atoms with Crippen molar-refractivity contribution in [3.8, 4) is 0 Å². The lowest BCUT2D eigenvalue weighted by atomic mass is 9.94. The molecule has 2 aromatic heterocycles. The van der Waals surface area contributed by atoms with Crippen molar-refractivity contribution in [2.75, 3.05) is 6.54 Å². The van der Waals surface area contributed by atoms with E-state index in [1.54, 1.807) is 6.92 Å². The number of guanidine groups is 1. The van der Waals surface area contributed by atoms with E-state index in [1.165, 1.54) is 11.3 Å². The molecule has 0 saturated carbocycles. The molecule has 0 amide bonds. The lowest BCUT2D eigenvalue weighted by Gasteiger charge is -2.24. The summed E-state index contributed by atoms with van der Waals surface area (Å²) in [6, 6.07) is 0.724. The van der Waals surface area contributed by atoms with Crippen LogP contribution < -0.4 is 10.6 Å². The van der Waals surface area contributed by atoms with E-state index in [4.69, 9.17) is 9.62 Å². The number of hydrogen-bond acceptors (Lipinski definition) is 5. The van der Waals surface area contributed by atoms with Gasteiger partial charge in [0.25, 0.3) is 0 Å². The van der Waals surface area contributed by atoms with E-state index in [9.17, 15) is 0 Å². The monoisotopic (exact) mass is 473 g/mol. The molecular formula is C17H28IN7O. The number of hydrogen-bond donors (Lipinski definition) is 2. The van der Waals surface area contributed by atoms with Crippen LogP contribution in [-0.4, -0.2) is 38.5 Å². The van der Waals surface area contributed by atoms with Crippen LogP contribution in [0.25, 0.3) is 0 Å². The molecule has 1 aliphatic carbocycles. The van der Waals surface area contributed by atoms with E-state index in [1.807, 2.05) is 0 Å². The second-order valence-electron chi connectivity index (χ2n) is 6.68. The van der Waals surface area contributed by atoms with Gasteiger partial charge in [-0.1, -0.05) is 5.16 Å². The fourth-order valence-electron chi connectivity index (χ4n) is 2.97. The van der Waals surface area contributed by atoms with Gasteiger partial charge in [-0.3, -0.25) is 4.68 Å². The summed E-state index contributed by atoms with van der Waals surface area (Å²) < 4.78 is 7.05. The van der Waals surface area contributed by atoms with Crippen LogP contribution >= 0.6 is 24.0 Å². The van der Waals surface area contributed by atoms with Crippen molar-refractivity contribution in [1.29, 1.82) is 0 Å². The highest BCUT2D eigenvalue weighted by Crippen LogP contribution is 2.21. The molecule has 2 aromatic rings. The molecule has 144 valence electrons. The zero-order chi connectivity index (χ0) is 17.8. The first-order valence-electron chi connectivity index (χ1n) is 8.96. The molecule has 1 aliphatic rings. The number of halogens is 1. The maximum absolute atomic E-state index is 4.99. The largest absolute Gasteiger partial charge is 0.357 e. The van der Waals surface area contributed by atoms with Crippen LogP contribution in [0.15, 0.2) is 15.7 Å². The third-order valence-electron chi connectivity index (χ3n) is 4.26. The summed E-state index contributed by atoms with van der Waals surface area (Å²) in [6.07, 6.45) is 5.22. The number of fused-ring (bicyclic) bond motifs is 1. The summed E-state index contributed by atoms with van der Waals surface area (Å²) in [5.41, 5.74) is 2.57. The highest BCUT2D eigenvalue weighted by atomic mass is 127. The Hall–Kier alpha value is -1.65. The van der Waals surface area contributed by atoms with Crippen LogP contribution in [-0.2, 0) is 19.4 Å². The second-order valence-corrected chi connectivity index (χ2v) is 6.68. The minimum atomic E-state index is 0. The normalized spacial score (nSPS) is 17.0. The molecule has 0 saturated heterocycles. The van der Waals surface area contributed by atoms with E-state index in [2.05, 4.69) is 57.4 Å². The van der Waals surface area contributed by atoms with Gasteiger partial charge in [-0.25, -0.2) is 4.99 Å². The Kier molecular flexibility index (Phi) is 7.42. The topological polar surface area (TPSA) is 93.2 Å². The van der Waals surface area contributed by atoms with Crippen molar-refractivity contribution < 1.29 is 4.52 Å². The van der Waals surface area contributed by atoms with Gasteiger partial charge in [0.15, 0.2) is 11.8 Å². The molecule has 3 rings (SSSR count). The third-order valence-corrected chi connectivity index (χ3v) is 4.26. The minimum absolute atomic E-state index is 0. The van der Waals surface area contributed by atoms with Crippen molar-refractivity contribution >= 4 is 29.9 Å². The van der Waals surface area contributed by atoms with Crippen LogP contribution in [0.2, 0.25) is 0 Å². The van der Waals surface area contributed by atoms with E-state index >= 15 is 0 Å². The van der Waals surface area contributed by atoms with Crippen molar-refractivity contribution in [2.45, 2.75) is 65.6 Å². The molecule has 1 atom stereocenters. The molecule has 0 spiro atoms. The predicted octanol–water partition coefficient (Wildman–Crippen LogP) is 2.39. The highest BCUT2D eigenvalue weighted by Gasteiger charge is 2.23. The Labute approximate surface area is 171 Å². The zero-order valence-corrected chi connectivity index (χ0v) is 18.2. The van der Waals surface area contributed by atoms with Crippen LogP contribution in [0.5, 0.6) is 0 Å². The molecule has 26 heavy (non-hydrogen) atoms. The van der Waals surface area contributed by atoms with Gasteiger partial charge in [-0.2, -0.15) is 10.1 Å². The number of aliphatic imine (C=N–C) groups is 1. The molecule has 0 radical (unpaired) electrons. The molecule has 9 heteroatoms. The number of aromatic nitrogens is 4. The average Bonchev–Trinajstić information content (AvgIpc) is 3.18. The van der Waals surface area contributed by atoms with Gasteiger partial charge in [-0.15, -0.1) is 24.0 Å². The fourth-order valence-corrected chi connectivity index (χ4v) is 2.97. The van der Waals surface area contributed by atoms with Gasteiger partial charge in [-0.05, 0) is 39.2 Å². The molecule has 0 aromatic carbocycles. The standard InChI is InChI=1S/C17H27N7O.HI/c1-5-18-17(19-9-16-20-12(4)25-23-16)21-14-7-6-13-10-24(11(2)3)22-15(13)8-14;/h10-11,14H,5-9H2,1-4H3,(H2,18,19,21);1H. The van der Waals surface area contributed by atoms with Crippen molar-refractivity contribution in [2.24, 2.45) is 4.99 Å². The van der Waals surface area contributed by atoms with Gasteiger partial charge in [0.1, 0.15) is 6.54 Å². The average molecular weight is 473 g/mol. The summed E-state index contributed by atoms with van der Waals surface area (Å²) in [7, 11) is 0. The smallest absolute Gasteiger partial charge is 0.223 e. The fraction of sp³-hybridized carbons (Fsp3) is 0.647. The molecule has 2 heterocycles. The summed E-state index contributed by atoms with van der Waals surface area (Å²) in [6.45, 7) is 9.34. The van der Waals surface area contributed by atoms with Gasteiger partial charge in [0.2, 0.25) is 5.89 Å². The van der Waals surface area contributed by atoms with Crippen molar-refractivity contribution in [3.63, 3.8) is 0 Å². The zero-order valence-electron chi connectivity index (χ0n) is 15.8. The number of nitrogens with zero attached hydrogens (tertiary/aromatic N) is 5. The molecule has 2 N–H and O–H groups in total. The van der Waals surface area contributed by atoms with Crippen molar-refractivity contribution in [3.05, 3.63) is 29.2 Å². The number of nitrogens with one attached hydrogen (secondary N) is 2. The number of aryl methyl sites for hydroxylation is 2. The summed E-state index contributed by atoms with van der Waals surface area (Å²) in [5, 5.41) is 15.4. The quantitative estimate of drug-likeness (QED) is 0.394. The summed E-state index contributed by atoms with van der Waals surface area (Å²) in [4.78, 5) is 8.75. The van der Waals surface area contributed by atoms with E-state index < -0.39 is 0 Å². The van der Waals surface area contributed by atoms with Crippen LogP contribution in [0, 0.1) is 6.92 Å². The molecular weight excluding hydrogens is 445 g/mol. The SMILES string of the molecule is CCNC(=NCc1noc(C)n1)NC1CCc2cn(C(C)C)nc2C1.I. The highest BCUT2D eigenvalue weighted by molar-refractivity contribution is 14.0. The number of rotatable bonds is 5. The minimum Gasteiger partial charge on any atom is -0.357 e. The Morgan fingerprint density at radius 2 is 2.27 bits per heavy atom. The van der Waals surface area contributed by atoms with Gasteiger partial charge < -0.3 is 15.2 Å². The third kappa shape index (κ3) is 5.18. The van der Waals surface area contributed by atoms with Crippen molar-refractivity contribution in [1.82, 2.24) is 30.6 Å². The maximum Gasteiger partial charge on any atom is 0.223 e. The molecule has 0 fully saturated rings. The molecule has 8 nitrogen and oxygen atoms in total. The first kappa shape index (κ1) is 20.7. The maximum atomic E-state index is 4.99. The Balaban J connectivity index is 0.00000243. The van der Waals surface area contributed by atoms with E-state index in [0.717, 1.165) is 31.8 Å². The lowest BCUT2D eigenvalue weighted by molar-refractivity contribution is 0.387. The summed E-state index contributed by atoms with van der Waals surface area (Å²) in [5.74, 6) is 1.93. The first-order chi connectivity index (χ1) is 12.0. The van der Waals surface area contributed by atoms with Crippen LogP contribution in [0.3, 0.4) is 0 Å². The Bertz CT molecular complexity index is 737. The predicted molar refractivity (Wildman–Crippen MR) is 111 cm³/mol. The van der Waals surface area contributed by atoms with Gasteiger partial charge in [0.05, 0.1) is 5.69 Å². The van der Waals surface area contributed by atoms with E-state index in [-0.39, 0.29) is 24.0 Å². The first-order valence-corrected chi connectivity index (χ1v) is 8.96. The molecule has 1 unspecified atom stereocenters. The summed E-state index contributed by atoms with van der Waals surface area (Å²) >= 11 is 0. The van der Waals surface area contributed by atoms with Gasteiger partial charge >= 0.3 is 0 Å².